The number of amides is 4. The SMILES string of the molecule is CC(C)(C)[C@H](NC(=O)OCc1ccccn1)C(=O)N1C[C@H]2[C@@H]([C@H]1C(=O)N[C@H](C#N)C[C@@H]1CCNC1=O)C2(C)C. The smallest absolute Gasteiger partial charge is 0.408 e. The first kappa shape index (κ1) is 28.3. The van der Waals surface area contributed by atoms with E-state index in [4.69, 9.17) is 4.74 Å². The van der Waals surface area contributed by atoms with E-state index < -0.39 is 35.5 Å². The van der Waals surface area contributed by atoms with Crippen LogP contribution in [-0.2, 0) is 25.7 Å². The molecule has 3 fully saturated rings. The molecule has 11 heteroatoms. The molecule has 0 aromatic carbocycles. The molecule has 1 saturated carbocycles. The van der Waals surface area contributed by atoms with Gasteiger partial charge in [-0.2, -0.15) is 5.26 Å². The number of hydrogen-bond acceptors (Lipinski definition) is 7. The van der Waals surface area contributed by atoms with Gasteiger partial charge < -0.3 is 25.6 Å². The summed E-state index contributed by atoms with van der Waals surface area (Å²) in [7, 11) is 0. The number of ether oxygens (including phenoxy) is 1. The van der Waals surface area contributed by atoms with Crippen LogP contribution < -0.4 is 16.0 Å². The minimum atomic E-state index is -0.946. The van der Waals surface area contributed by atoms with Crippen molar-refractivity contribution >= 4 is 23.8 Å². The van der Waals surface area contributed by atoms with Gasteiger partial charge in [0.1, 0.15) is 24.7 Å². The predicted molar refractivity (Wildman–Crippen MR) is 140 cm³/mol. The third-order valence-corrected chi connectivity index (χ3v) is 8.37. The summed E-state index contributed by atoms with van der Waals surface area (Å²) in [5, 5.41) is 18.0. The summed E-state index contributed by atoms with van der Waals surface area (Å²) in [6, 6.07) is 4.82. The van der Waals surface area contributed by atoms with Crippen LogP contribution in [0.5, 0.6) is 0 Å². The summed E-state index contributed by atoms with van der Waals surface area (Å²) in [4.78, 5) is 57.9. The Morgan fingerprint density at radius 1 is 1.28 bits per heavy atom. The Labute approximate surface area is 229 Å². The molecule has 210 valence electrons. The molecule has 39 heavy (non-hydrogen) atoms. The molecule has 1 aromatic heterocycles. The van der Waals surface area contributed by atoms with Crippen molar-refractivity contribution in [3.05, 3.63) is 30.1 Å². The van der Waals surface area contributed by atoms with Crippen LogP contribution in [0.2, 0.25) is 0 Å². The predicted octanol–water partition coefficient (Wildman–Crippen LogP) is 1.74. The summed E-state index contributed by atoms with van der Waals surface area (Å²) < 4.78 is 5.31. The number of rotatable bonds is 8. The molecule has 0 unspecified atom stereocenters. The van der Waals surface area contributed by atoms with Gasteiger partial charge in [0, 0.05) is 25.2 Å². The van der Waals surface area contributed by atoms with Crippen molar-refractivity contribution < 1.29 is 23.9 Å². The van der Waals surface area contributed by atoms with Crippen molar-refractivity contribution in [3.8, 4) is 6.07 Å². The van der Waals surface area contributed by atoms with Crippen LogP contribution in [0.15, 0.2) is 24.4 Å². The van der Waals surface area contributed by atoms with Gasteiger partial charge in [-0.25, -0.2) is 4.79 Å². The number of likely N-dealkylation sites (tertiary alicyclic amines) is 1. The average molecular weight is 539 g/mol. The number of alkyl carbamates (subject to hydrolysis) is 1. The maximum Gasteiger partial charge on any atom is 0.408 e. The molecule has 2 aliphatic heterocycles. The molecule has 0 radical (unpaired) electrons. The molecule has 6 atom stereocenters. The Bertz CT molecular complexity index is 1160. The van der Waals surface area contributed by atoms with Gasteiger partial charge in [0.25, 0.3) is 0 Å². The zero-order valence-electron chi connectivity index (χ0n) is 23.2. The van der Waals surface area contributed by atoms with Crippen LogP contribution in [0.4, 0.5) is 4.79 Å². The molecule has 11 nitrogen and oxygen atoms in total. The van der Waals surface area contributed by atoms with Gasteiger partial charge in [-0.1, -0.05) is 40.7 Å². The number of carbonyl (C=O) groups is 4. The minimum Gasteiger partial charge on any atom is -0.443 e. The van der Waals surface area contributed by atoms with E-state index in [9.17, 15) is 24.4 Å². The van der Waals surface area contributed by atoms with Gasteiger partial charge >= 0.3 is 6.09 Å². The molecule has 0 bridgehead atoms. The fourth-order valence-corrected chi connectivity index (χ4v) is 5.97. The minimum absolute atomic E-state index is 0.0423. The van der Waals surface area contributed by atoms with E-state index in [1.807, 2.05) is 20.8 Å². The number of nitriles is 1. The molecule has 0 spiro atoms. The Hall–Kier alpha value is -3.68. The Balaban J connectivity index is 1.46. The molecule has 4 amide bonds. The third-order valence-electron chi connectivity index (χ3n) is 8.37. The van der Waals surface area contributed by atoms with Gasteiger partial charge in [0.05, 0.1) is 11.8 Å². The normalized spacial score (nSPS) is 26.5. The highest BCUT2D eigenvalue weighted by molar-refractivity contribution is 5.93. The maximum absolute atomic E-state index is 13.9. The molecule has 3 aliphatic rings. The van der Waals surface area contributed by atoms with Crippen molar-refractivity contribution in [1.82, 2.24) is 25.8 Å². The zero-order valence-corrected chi connectivity index (χ0v) is 23.2. The highest BCUT2D eigenvalue weighted by Gasteiger charge is 2.69. The van der Waals surface area contributed by atoms with Crippen molar-refractivity contribution in [2.24, 2.45) is 28.6 Å². The molecular formula is C28H38N6O5. The number of hydrogen-bond donors (Lipinski definition) is 3. The molecule has 1 aliphatic carbocycles. The number of fused-ring (bicyclic) bond motifs is 1. The number of aromatic nitrogens is 1. The second-order valence-corrected chi connectivity index (χ2v) is 12.4. The third kappa shape index (κ3) is 6.00. The second kappa shape index (κ2) is 10.8. The van der Waals surface area contributed by atoms with Crippen LogP contribution in [0.25, 0.3) is 0 Å². The highest BCUT2D eigenvalue weighted by Crippen LogP contribution is 2.65. The summed E-state index contributed by atoms with van der Waals surface area (Å²) in [6.07, 6.45) is 1.69. The molecule has 2 saturated heterocycles. The fraction of sp³-hybridized carbons (Fsp3) is 0.643. The lowest BCUT2D eigenvalue weighted by molar-refractivity contribution is -0.144. The van der Waals surface area contributed by atoms with E-state index in [1.165, 1.54) is 0 Å². The summed E-state index contributed by atoms with van der Waals surface area (Å²) in [6.45, 7) is 10.6. The summed E-state index contributed by atoms with van der Waals surface area (Å²) in [5.74, 6) is -1.14. The van der Waals surface area contributed by atoms with E-state index in [0.29, 0.717) is 25.2 Å². The van der Waals surface area contributed by atoms with E-state index in [1.54, 1.807) is 29.3 Å². The lowest BCUT2D eigenvalue weighted by Gasteiger charge is -2.37. The molecule has 3 heterocycles. The topological polar surface area (TPSA) is 154 Å². The van der Waals surface area contributed by atoms with Crippen LogP contribution in [0.1, 0.15) is 53.2 Å². The maximum atomic E-state index is 13.9. The van der Waals surface area contributed by atoms with E-state index in [0.717, 1.165) is 0 Å². The zero-order chi connectivity index (χ0) is 28.5. The fourth-order valence-electron chi connectivity index (χ4n) is 5.97. The van der Waals surface area contributed by atoms with Gasteiger partial charge in [0.2, 0.25) is 17.7 Å². The molecular weight excluding hydrogens is 500 g/mol. The number of carbonyl (C=O) groups excluding carboxylic acids is 4. The highest BCUT2D eigenvalue weighted by atomic mass is 16.5. The molecule has 1 aromatic rings. The van der Waals surface area contributed by atoms with E-state index in [-0.39, 0.29) is 48.0 Å². The average Bonchev–Trinajstić information content (AvgIpc) is 3.23. The Kier molecular flexibility index (Phi) is 7.87. The van der Waals surface area contributed by atoms with Crippen molar-refractivity contribution in [3.63, 3.8) is 0 Å². The monoisotopic (exact) mass is 538 g/mol. The number of nitrogens with zero attached hydrogens (tertiary/aromatic N) is 3. The first-order valence-electron chi connectivity index (χ1n) is 13.5. The number of piperidine rings is 1. The number of pyridine rings is 1. The van der Waals surface area contributed by atoms with Gasteiger partial charge in [-0.05, 0) is 47.6 Å². The van der Waals surface area contributed by atoms with Gasteiger partial charge in [0.15, 0.2) is 0 Å². The van der Waals surface area contributed by atoms with E-state index >= 15 is 0 Å². The standard InChI is InChI=1S/C28H38N6O5/c1-27(2,3)22(33-26(38)39-15-17-8-6-7-10-30-17)25(37)34-14-19-20(28(19,4)5)21(34)24(36)32-18(13-29)12-16-9-11-31-23(16)35/h6-8,10,16,18-22H,9,11-12,14-15H2,1-5H3,(H,31,35)(H,32,36)(H,33,38)/t16-,18-,19-,20-,21-,22+/m0/s1. The van der Waals surface area contributed by atoms with Crippen LogP contribution >= 0.6 is 0 Å². The number of nitrogens with one attached hydrogen (secondary N) is 3. The van der Waals surface area contributed by atoms with E-state index in [2.05, 4.69) is 40.9 Å². The second-order valence-electron chi connectivity index (χ2n) is 12.4. The summed E-state index contributed by atoms with van der Waals surface area (Å²) in [5.41, 5.74) is -0.222. The van der Waals surface area contributed by atoms with Gasteiger partial charge in [-0.15, -0.1) is 0 Å². The van der Waals surface area contributed by atoms with Crippen LogP contribution in [-0.4, -0.2) is 64.9 Å². The van der Waals surface area contributed by atoms with Crippen molar-refractivity contribution in [2.45, 2.75) is 72.2 Å². The Morgan fingerprint density at radius 2 is 2.03 bits per heavy atom. The summed E-state index contributed by atoms with van der Waals surface area (Å²) >= 11 is 0. The van der Waals surface area contributed by atoms with Crippen LogP contribution in [0.3, 0.4) is 0 Å². The lowest BCUT2D eigenvalue weighted by atomic mass is 9.85. The van der Waals surface area contributed by atoms with Crippen LogP contribution in [0, 0.1) is 39.9 Å². The lowest BCUT2D eigenvalue weighted by Crippen LogP contribution is -2.59. The van der Waals surface area contributed by atoms with Crippen molar-refractivity contribution in [1.29, 1.82) is 5.26 Å². The first-order valence-corrected chi connectivity index (χ1v) is 13.5. The quantitative estimate of drug-likeness (QED) is 0.456. The largest absolute Gasteiger partial charge is 0.443 e. The Morgan fingerprint density at radius 3 is 2.62 bits per heavy atom. The first-order chi connectivity index (χ1) is 18.3. The van der Waals surface area contributed by atoms with Gasteiger partial charge in [-0.3, -0.25) is 19.4 Å². The molecule has 3 N–H and O–H groups in total. The van der Waals surface area contributed by atoms with Crippen molar-refractivity contribution in [2.75, 3.05) is 13.1 Å². The molecule has 4 rings (SSSR count).